The number of nitrogens with one attached hydrogen (secondary N) is 1. The quantitative estimate of drug-likeness (QED) is 0.562. The van der Waals surface area contributed by atoms with Crippen LogP contribution in [0, 0.1) is 0 Å². The Bertz CT molecular complexity index is 1290. The summed E-state index contributed by atoms with van der Waals surface area (Å²) in [7, 11) is 0. The molecule has 150 valence electrons. The summed E-state index contributed by atoms with van der Waals surface area (Å²) in [5, 5.41) is 3.71. The van der Waals surface area contributed by atoms with Crippen LogP contribution in [0.3, 0.4) is 0 Å². The molecule has 0 saturated carbocycles. The second kappa shape index (κ2) is 6.56. The number of halogens is 1. The van der Waals surface area contributed by atoms with Crippen LogP contribution >= 0.6 is 15.9 Å². The third kappa shape index (κ3) is 2.34. The number of benzene rings is 2. The Labute approximate surface area is 180 Å². The van der Waals surface area contributed by atoms with Crippen LogP contribution in [-0.2, 0) is 19.7 Å². The van der Waals surface area contributed by atoms with E-state index < -0.39 is 17.3 Å². The highest BCUT2D eigenvalue weighted by Crippen LogP contribution is 2.55. The molecule has 7 nitrogen and oxygen atoms in total. The van der Waals surface area contributed by atoms with Crippen molar-refractivity contribution < 1.29 is 19.1 Å². The molecule has 0 saturated heterocycles. The predicted molar refractivity (Wildman–Crippen MR) is 114 cm³/mol. The molecule has 8 heteroatoms. The maximum absolute atomic E-state index is 13.6. The monoisotopic (exact) mass is 465 g/mol. The van der Waals surface area contributed by atoms with Gasteiger partial charge in [0.2, 0.25) is 11.8 Å². The topological polar surface area (TPSA) is 104 Å². The van der Waals surface area contributed by atoms with Crippen molar-refractivity contribution in [2.45, 2.75) is 12.3 Å². The van der Waals surface area contributed by atoms with E-state index in [1.165, 1.54) is 0 Å². The molecule has 1 atom stereocenters. The minimum absolute atomic E-state index is 0.0403. The minimum atomic E-state index is -1.52. The number of hydrogen-bond acceptors (Lipinski definition) is 6. The summed E-state index contributed by atoms with van der Waals surface area (Å²) in [4.78, 5) is 31.0. The minimum Gasteiger partial charge on any atom is -0.462 e. The highest BCUT2D eigenvalue weighted by Gasteiger charge is 2.59. The molecular formula is C22H16BrN3O4. The maximum Gasteiger partial charge on any atom is 0.341 e. The first-order valence-electron chi connectivity index (χ1n) is 9.33. The molecule has 0 unspecified atom stereocenters. The lowest BCUT2D eigenvalue weighted by molar-refractivity contribution is -0.140. The lowest BCUT2D eigenvalue weighted by atomic mass is 9.68. The number of carbonyl (C=O) groups excluding carboxylic acids is 2. The van der Waals surface area contributed by atoms with Gasteiger partial charge in [-0.3, -0.25) is 9.78 Å². The third-order valence-corrected chi connectivity index (χ3v) is 5.91. The normalized spacial score (nSPS) is 19.3. The Balaban J connectivity index is 1.93. The lowest BCUT2D eigenvalue weighted by Crippen LogP contribution is -2.46. The number of ether oxygens (including phenoxy) is 2. The molecule has 3 heterocycles. The summed E-state index contributed by atoms with van der Waals surface area (Å²) in [6, 6.07) is 12.7. The van der Waals surface area contributed by atoms with Crippen LogP contribution in [0.4, 0.5) is 5.69 Å². The summed E-state index contributed by atoms with van der Waals surface area (Å²) in [6.45, 7) is 1.82. The van der Waals surface area contributed by atoms with E-state index in [1.54, 1.807) is 31.3 Å². The van der Waals surface area contributed by atoms with E-state index in [4.69, 9.17) is 15.2 Å². The number of pyridine rings is 1. The Kier molecular flexibility index (Phi) is 4.08. The van der Waals surface area contributed by atoms with Gasteiger partial charge < -0.3 is 20.5 Å². The Hall–Kier alpha value is -3.39. The van der Waals surface area contributed by atoms with Crippen molar-refractivity contribution in [3.8, 4) is 5.75 Å². The van der Waals surface area contributed by atoms with E-state index in [0.29, 0.717) is 28.1 Å². The van der Waals surface area contributed by atoms with Crippen LogP contribution < -0.4 is 15.8 Å². The number of rotatable bonds is 2. The standard InChI is InChI=1S/C22H16BrN3O4/c1-2-29-20(27)16-19(24)30-18-13(7-5-11-4-3-9-25-17(11)18)22(16)14-10-12(23)6-8-15(14)26-21(22)28/h3-10H,2,24H2,1H3,(H,26,28)/t22-/m1/s1. The van der Waals surface area contributed by atoms with Crippen molar-refractivity contribution in [1.82, 2.24) is 4.98 Å². The van der Waals surface area contributed by atoms with E-state index in [0.717, 1.165) is 9.86 Å². The maximum atomic E-state index is 13.6. The summed E-state index contributed by atoms with van der Waals surface area (Å²) < 4.78 is 11.9. The first-order chi connectivity index (χ1) is 14.5. The number of fused-ring (bicyclic) bond motifs is 6. The van der Waals surface area contributed by atoms with Crippen LogP contribution in [0.25, 0.3) is 10.9 Å². The second-order valence-electron chi connectivity index (χ2n) is 6.97. The van der Waals surface area contributed by atoms with Crippen LogP contribution in [0.5, 0.6) is 5.75 Å². The molecule has 3 N–H and O–H groups in total. The molecule has 1 aromatic heterocycles. The number of nitrogens with two attached hydrogens (primary N) is 1. The van der Waals surface area contributed by atoms with Crippen molar-refractivity contribution in [2.75, 3.05) is 11.9 Å². The lowest BCUT2D eigenvalue weighted by Gasteiger charge is -2.35. The number of aromatic nitrogens is 1. The largest absolute Gasteiger partial charge is 0.462 e. The molecule has 2 aliphatic heterocycles. The first kappa shape index (κ1) is 18.6. The Morgan fingerprint density at radius 1 is 1.27 bits per heavy atom. The van der Waals surface area contributed by atoms with E-state index >= 15 is 0 Å². The van der Waals surface area contributed by atoms with Crippen LogP contribution in [-0.4, -0.2) is 23.5 Å². The molecule has 5 rings (SSSR count). The number of nitrogens with zero attached hydrogens (tertiary/aromatic N) is 1. The SMILES string of the molecule is CCOC(=O)C1=C(N)Oc2c(ccc3cccnc23)[C@]12C(=O)Nc1ccc(Br)cc12. The third-order valence-electron chi connectivity index (χ3n) is 5.42. The average Bonchev–Trinajstić information content (AvgIpc) is 3.00. The molecule has 2 aromatic carbocycles. The zero-order valence-electron chi connectivity index (χ0n) is 15.9. The summed E-state index contributed by atoms with van der Waals surface area (Å²) in [5.41, 5.74) is 6.92. The van der Waals surface area contributed by atoms with Gasteiger partial charge in [-0.2, -0.15) is 0 Å². The second-order valence-corrected chi connectivity index (χ2v) is 7.89. The molecule has 0 radical (unpaired) electrons. The van der Waals surface area contributed by atoms with Gasteiger partial charge in [0.1, 0.15) is 16.5 Å². The van der Waals surface area contributed by atoms with Gasteiger partial charge in [-0.25, -0.2) is 4.79 Å². The van der Waals surface area contributed by atoms with Gasteiger partial charge in [0, 0.05) is 32.9 Å². The van der Waals surface area contributed by atoms with E-state index in [2.05, 4.69) is 26.2 Å². The van der Waals surface area contributed by atoms with Gasteiger partial charge in [-0.1, -0.05) is 34.1 Å². The molecule has 1 spiro atoms. The number of amides is 1. The zero-order valence-corrected chi connectivity index (χ0v) is 17.4. The molecular weight excluding hydrogens is 450 g/mol. The highest BCUT2D eigenvalue weighted by atomic mass is 79.9. The summed E-state index contributed by atoms with van der Waals surface area (Å²) >= 11 is 3.47. The molecule has 2 aliphatic rings. The molecule has 0 bridgehead atoms. The smallest absolute Gasteiger partial charge is 0.341 e. The molecule has 0 aliphatic carbocycles. The van der Waals surface area contributed by atoms with Crippen LogP contribution in [0.1, 0.15) is 18.1 Å². The first-order valence-corrected chi connectivity index (χ1v) is 10.1. The van der Waals surface area contributed by atoms with Crippen molar-refractivity contribution in [1.29, 1.82) is 0 Å². The summed E-state index contributed by atoms with van der Waals surface area (Å²) in [5.74, 6) is -0.935. The fourth-order valence-electron chi connectivity index (χ4n) is 4.24. The Morgan fingerprint density at radius 3 is 2.90 bits per heavy atom. The van der Waals surface area contributed by atoms with Crippen molar-refractivity contribution in [3.63, 3.8) is 0 Å². The van der Waals surface area contributed by atoms with E-state index in [1.807, 2.05) is 24.3 Å². The molecule has 0 fully saturated rings. The van der Waals surface area contributed by atoms with Gasteiger partial charge in [-0.15, -0.1) is 0 Å². The van der Waals surface area contributed by atoms with Gasteiger partial charge >= 0.3 is 5.97 Å². The fourth-order valence-corrected chi connectivity index (χ4v) is 4.61. The van der Waals surface area contributed by atoms with Crippen LogP contribution in [0.15, 0.2) is 64.6 Å². The Morgan fingerprint density at radius 2 is 2.10 bits per heavy atom. The fraction of sp³-hybridized carbons (Fsp3) is 0.136. The predicted octanol–water partition coefficient (Wildman–Crippen LogP) is 3.36. The number of carbonyl (C=O) groups is 2. The number of anilines is 1. The molecule has 1 amide bonds. The molecule has 3 aromatic rings. The van der Waals surface area contributed by atoms with Gasteiger partial charge in [0.15, 0.2) is 5.75 Å². The number of hydrogen-bond donors (Lipinski definition) is 2. The van der Waals surface area contributed by atoms with Crippen molar-refractivity contribution >= 4 is 44.4 Å². The van der Waals surface area contributed by atoms with Gasteiger partial charge in [0.25, 0.3) is 0 Å². The van der Waals surface area contributed by atoms with E-state index in [-0.39, 0.29) is 18.1 Å². The number of esters is 1. The van der Waals surface area contributed by atoms with Gasteiger partial charge in [-0.05, 0) is 31.2 Å². The zero-order chi connectivity index (χ0) is 21.0. The van der Waals surface area contributed by atoms with Crippen LogP contribution in [0.2, 0.25) is 0 Å². The van der Waals surface area contributed by atoms with E-state index in [9.17, 15) is 9.59 Å². The average molecular weight is 466 g/mol. The van der Waals surface area contributed by atoms with Crippen molar-refractivity contribution in [3.05, 3.63) is 75.7 Å². The van der Waals surface area contributed by atoms with Gasteiger partial charge in [0.05, 0.1) is 6.61 Å². The van der Waals surface area contributed by atoms with Crippen molar-refractivity contribution in [2.24, 2.45) is 5.73 Å². The molecule has 30 heavy (non-hydrogen) atoms. The highest BCUT2D eigenvalue weighted by molar-refractivity contribution is 9.10. The summed E-state index contributed by atoms with van der Waals surface area (Å²) in [6.07, 6.45) is 1.64.